The molecule has 7 nitrogen and oxygen atoms in total. The molecule has 1 heterocycles. The Morgan fingerprint density at radius 1 is 0.914 bits per heavy atom. The number of fused-ring (bicyclic) bond motifs is 1. The van der Waals surface area contributed by atoms with Crippen molar-refractivity contribution in [2.45, 2.75) is 19.9 Å². The van der Waals surface area contributed by atoms with E-state index in [9.17, 15) is 14.7 Å². The first-order chi connectivity index (χ1) is 16.9. The summed E-state index contributed by atoms with van der Waals surface area (Å²) >= 11 is 0. The molecule has 0 unspecified atom stereocenters. The first-order valence-corrected chi connectivity index (χ1v) is 11.1. The van der Waals surface area contributed by atoms with Crippen molar-refractivity contribution < 1.29 is 29.3 Å². The Bertz CT molecular complexity index is 1370. The summed E-state index contributed by atoms with van der Waals surface area (Å²) in [5.74, 6) is -1.11. The van der Waals surface area contributed by atoms with Crippen molar-refractivity contribution in [1.82, 2.24) is 4.57 Å². The van der Waals surface area contributed by atoms with Gasteiger partial charge in [-0.2, -0.15) is 0 Å². The van der Waals surface area contributed by atoms with Gasteiger partial charge in [0.2, 0.25) is 5.76 Å². The van der Waals surface area contributed by atoms with E-state index in [-0.39, 0.29) is 11.3 Å². The van der Waals surface area contributed by atoms with Crippen LogP contribution in [0.3, 0.4) is 0 Å². The number of nitrogens with zero attached hydrogens (tertiary/aromatic N) is 1. The number of carboxylic acids is 2. The Morgan fingerprint density at radius 2 is 1.63 bits per heavy atom. The van der Waals surface area contributed by atoms with E-state index >= 15 is 0 Å². The molecule has 0 atom stereocenters. The van der Waals surface area contributed by atoms with Crippen LogP contribution in [0.25, 0.3) is 17.0 Å². The van der Waals surface area contributed by atoms with Crippen molar-refractivity contribution in [3.05, 3.63) is 101 Å². The highest BCUT2D eigenvalue weighted by molar-refractivity contribution is 5.93. The van der Waals surface area contributed by atoms with Crippen LogP contribution in [0.1, 0.15) is 27.9 Å². The molecule has 178 valence electrons. The van der Waals surface area contributed by atoms with Gasteiger partial charge in [0, 0.05) is 23.6 Å². The highest BCUT2D eigenvalue weighted by atomic mass is 16.5. The van der Waals surface area contributed by atoms with E-state index in [1.54, 1.807) is 48.5 Å². The van der Waals surface area contributed by atoms with E-state index in [2.05, 4.69) is 4.57 Å². The molecule has 0 saturated carbocycles. The Balaban J connectivity index is 1.32. The number of hydrogen-bond acceptors (Lipinski definition) is 4. The van der Waals surface area contributed by atoms with E-state index in [1.165, 1.54) is 6.08 Å². The molecule has 0 aliphatic heterocycles. The van der Waals surface area contributed by atoms with Gasteiger partial charge in [-0.25, -0.2) is 9.59 Å². The molecule has 2 N–H and O–H groups in total. The fourth-order valence-corrected chi connectivity index (χ4v) is 3.63. The average Bonchev–Trinajstić information content (AvgIpc) is 3.26. The lowest BCUT2D eigenvalue weighted by molar-refractivity contribution is -0.134. The summed E-state index contributed by atoms with van der Waals surface area (Å²) in [4.78, 5) is 22.7. The molecule has 1 aromatic heterocycles. The van der Waals surface area contributed by atoms with Gasteiger partial charge in [-0.15, -0.1) is 0 Å². The van der Waals surface area contributed by atoms with Crippen molar-refractivity contribution in [1.29, 1.82) is 0 Å². The van der Waals surface area contributed by atoms with Gasteiger partial charge < -0.3 is 24.3 Å². The van der Waals surface area contributed by atoms with E-state index in [0.717, 1.165) is 29.4 Å². The summed E-state index contributed by atoms with van der Waals surface area (Å²) in [6.07, 6.45) is 4.18. The van der Waals surface area contributed by atoms with Gasteiger partial charge in [0.1, 0.15) is 11.5 Å². The third kappa shape index (κ3) is 6.09. The minimum atomic E-state index is -1.15. The summed E-state index contributed by atoms with van der Waals surface area (Å²) in [5.41, 5.74) is 2.99. The predicted molar refractivity (Wildman–Crippen MR) is 133 cm³/mol. The van der Waals surface area contributed by atoms with Crippen LogP contribution in [0.5, 0.6) is 11.5 Å². The quantitative estimate of drug-likeness (QED) is 0.177. The third-order valence-corrected chi connectivity index (χ3v) is 5.47. The molecule has 0 aliphatic rings. The molecule has 0 aliphatic carbocycles. The number of benzene rings is 3. The number of ether oxygens (including phenoxy) is 2. The lowest BCUT2D eigenvalue weighted by Gasteiger charge is -2.09. The number of hydrogen-bond donors (Lipinski definition) is 2. The molecule has 7 heteroatoms. The maximum atomic E-state index is 11.6. The Hall–Kier alpha value is -4.52. The standard InChI is InChI=1S/C28H25NO6/c1-19-3-8-24(9-4-19)35-26(28(32)33)17-20-5-10-23(11-6-20)34-16-2-14-29-15-13-21-18-22(27(30)31)7-12-25(21)29/h3-13,15,17-18H,2,14,16H2,1H3,(H,30,31)(H,32,33)/b26-17-. The summed E-state index contributed by atoms with van der Waals surface area (Å²) in [7, 11) is 0. The summed E-state index contributed by atoms with van der Waals surface area (Å²) in [6, 6.07) is 21.3. The zero-order valence-corrected chi connectivity index (χ0v) is 19.2. The highest BCUT2D eigenvalue weighted by Crippen LogP contribution is 2.20. The third-order valence-electron chi connectivity index (χ3n) is 5.47. The average molecular weight is 472 g/mol. The Kier molecular flexibility index (Phi) is 7.16. The van der Waals surface area contributed by atoms with Crippen LogP contribution in [-0.2, 0) is 11.3 Å². The number of carbonyl (C=O) groups is 2. The molecule has 4 aromatic rings. The molecule has 0 saturated heterocycles. The van der Waals surface area contributed by atoms with Gasteiger partial charge >= 0.3 is 11.9 Å². The van der Waals surface area contributed by atoms with Crippen LogP contribution in [0, 0.1) is 6.92 Å². The van der Waals surface area contributed by atoms with Crippen LogP contribution in [-0.4, -0.2) is 33.3 Å². The lowest BCUT2D eigenvalue weighted by Crippen LogP contribution is -2.07. The number of carboxylic acid groups (broad SMARTS) is 2. The van der Waals surface area contributed by atoms with E-state index in [0.29, 0.717) is 23.7 Å². The van der Waals surface area contributed by atoms with Crippen molar-refractivity contribution in [2.75, 3.05) is 6.61 Å². The monoisotopic (exact) mass is 471 g/mol. The van der Waals surface area contributed by atoms with Gasteiger partial charge in [-0.3, -0.25) is 0 Å². The molecule has 35 heavy (non-hydrogen) atoms. The van der Waals surface area contributed by atoms with E-state index < -0.39 is 11.9 Å². The Morgan fingerprint density at radius 3 is 2.31 bits per heavy atom. The maximum absolute atomic E-state index is 11.6. The minimum Gasteiger partial charge on any atom is -0.494 e. The fraction of sp³-hybridized carbons (Fsp3) is 0.143. The molecule has 0 amide bonds. The topological polar surface area (TPSA) is 98.0 Å². The van der Waals surface area contributed by atoms with E-state index in [4.69, 9.17) is 14.6 Å². The Labute approximate surface area is 202 Å². The first kappa shape index (κ1) is 23.6. The zero-order valence-electron chi connectivity index (χ0n) is 19.2. The predicted octanol–water partition coefficient (Wildman–Crippen LogP) is 5.62. The number of aromatic carboxylic acids is 1. The van der Waals surface area contributed by atoms with Crippen LogP contribution < -0.4 is 9.47 Å². The molecule has 4 rings (SSSR count). The van der Waals surface area contributed by atoms with Gasteiger partial charge in [-0.1, -0.05) is 29.8 Å². The van der Waals surface area contributed by atoms with Crippen molar-refractivity contribution in [3.63, 3.8) is 0 Å². The molecular formula is C28H25NO6. The van der Waals surface area contributed by atoms with Crippen molar-refractivity contribution in [3.8, 4) is 11.5 Å². The van der Waals surface area contributed by atoms with Crippen LogP contribution in [0.2, 0.25) is 0 Å². The number of rotatable bonds is 10. The first-order valence-electron chi connectivity index (χ1n) is 11.1. The lowest BCUT2D eigenvalue weighted by atomic mass is 10.1. The molecule has 3 aromatic carbocycles. The molecule has 0 spiro atoms. The van der Waals surface area contributed by atoms with E-state index in [1.807, 2.05) is 37.4 Å². The molecule has 0 fully saturated rings. The number of aliphatic carboxylic acids is 1. The summed E-state index contributed by atoms with van der Waals surface area (Å²) in [5, 5.41) is 19.5. The minimum absolute atomic E-state index is 0.169. The highest BCUT2D eigenvalue weighted by Gasteiger charge is 2.11. The fourth-order valence-electron chi connectivity index (χ4n) is 3.63. The van der Waals surface area contributed by atoms with Gasteiger partial charge in [-0.05, 0) is 73.5 Å². The SMILES string of the molecule is Cc1ccc(O/C(=C\c2ccc(OCCCn3ccc4cc(C(=O)O)ccc43)cc2)C(=O)O)cc1. The molecular weight excluding hydrogens is 446 g/mol. The molecule has 0 radical (unpaired) electrons. The number of aryl methyl sites for hydroxylation is 2. The summed E-state index contributed by atoms with van der Waals surface area (Å²) < 4.78 is 13.4. The molecule has 0 bridgehead atoms. The second kappa shape index (κ2) is 10.6. The second-order valence-corrected chi connectivity index (χ2v) is 8.09. The zero-order chi connectivity index (χ0) is 24.8. The van der Waals surface area contributed by atoms with Crippen LogP contribution in [0.15, 0.2) is 84.8 Å². The smallest absolute Gasteiger partial charge is 0.371 e. The largest absolute Gasteiger partial charge is 0.494 e. The maximum Gasteiger partial charge on any atom is 0.371 e. The summed E-state index contributed by atoms with van der Waals surface area (Å²) in [6.45, 7) is 3.18. The van der Waals surface area contributed by atoms with Crippen molar-refractivity contribution >= 4 is 28.9 Å². The van der Waals surface area contributed by atoms with Gasteiger partial charge in [0.25, 0.3) is 0 Å². The normalized spacial score (nSPS) is 11.4. The van der Waals surface area contributed by atoms with Crippen LogP contribution in [0.4, 0.5) is 0 Å². The second-order valence-electron chi connectivity index (χ2n) is 8.09. The van der Waals surface area contributed by atoms with Gasteiger partial charge in [0.05, 0.1) is 12.2 Å². The van der Waals surface area contributed by atoms with Crippen molar-refractivity contribution in [2.24, 2.45) is 0 Å². The van der Waals surface area contributed by atoms with Crippen LogP contribution >= 0.6 is 0 Å². The number of aromatic nitrogens is 1. The van der Waals surface area contributed by atoms with Gasteiger partial charge in [0.15, 0.2) is 0 Å².